The molecule has 2 N–H and O–H groups in total. The average Bonchev–Trinajstić information content (AvgIpc) is 2.73. The summed E-state index contributed by atoms with van der Waals surface area (Å²) in [5.41, 5.74) is 2.56. The molecule has 9 heteroatoms. The van der Waals surface area contributed by atoms with E-state index in [1.165, 1.54) is 6.20 Å². The Balaban J connectivity index is 1.55. The molecule has 0 aliphatic carbocycles. The van der Waals surface area contributed by atoms with Gasteiger partial charge in [-0.05, 0) is 55.3 Å². The fourth-order valence-electron chi connectivity index (χ4n) is 2.91. The van der Waals surface area contributed by atoms with Crippen LogP contribution in [0, 0.1) is 13.8 Å². The number of pyridine rings is 2. The number of carbonyl (C=O) groups is 1. The highest BCUT2D eigenvalue weighted by Gasteiger charge is 2.17. The van der Waals surface area contributed by atoms with Crippen LogP contribution in [-0.2, 0) is 21.4 Å². The first-order valence-corrected chi connectivity index (χ1v) is 11.2. The van der Waals surface area contributed by atoms with Crippen molar-refractivity contribution in [2.45, 2.75) is 31.8 Å². The van der Waals surface area contributed by atoms with Crippen LogP contribution in [0.2, 0.25) is 0 Å². The molecular weight excluding hydrogens is 416 g/mol. The van der Waals surface area contributed by atoms with Gasteiger partial charge in [0.05, 0.1) is 4.90 Å². The molecule has 0 radical (unpaired) electrons. The SMILES string of the molecule is Cc1ccc(S(=O)(=O)NCCC(=O)Nc2ncccc2OCc2ccncc2)c(C)c1. The molecular formula is C22H24N4O4S. The van der Waals surface area contributed by atoms with Crippen LogP contribution in [0.3, 0.4) is 0 Å². The predicted molar refractivity (Wildman–Crippen MR) is 117 cm³/mol. The maximum Gasteiger partial charge on any atom is 0.240 e. The van der Waals surface area contributed by atoms with Gasteiger partial charge in [0.2, 0.25) is 15.9 Å². The Kier molecular flexibility index (Phi) is 7.32. The Morgan fingerprint density at radius 2 is 1.84 bits per heavy atom. The molecule has 0 aliphatic rings. The highest BCUT2D eigenvalue weighted by Crippen LogP contribution is 2.22. The molecule has 3 rings (SSSR count). The van der Waals surface area contributed by atoms with E-state index in [1.54, 1.807) is 49.6 Å². The monoisotopic (exact) mass is 440 g/mol. The number of benzene rings is 1. The molecule has 31 heavy (non-hydrogen) atoms. The zero-order chi connectivity index (χ0) is 22.3. The average molecular weight is 441 g/mol. The summed E-state index contributed by atoms with van der Waals surface area (Å²) >= 11 is 0. The number of hydrogen-bond donors (Lipinski definition) is 2. The van der Waals surface area contributed by atoms with Gasteiger partial charge < -0.3 is 10.1 Å². The third-order valence-electron chi connectivity index (χ3n) is 4.44. The van der Waals surface area contributed by atoms with Gasteiger partial charge in [-0.1, -0.05) is 17.7 Å². The van der Waals surface area contributed by atoms with E-state index in [0.29, 0.717) is 17.9 Å². The van der Waals surface area contributed by atoms with Crippen LogP contribution in [0.5, 0.6) is 5.75 Å². The number of carbonyl (C=O) groups excluding carboxylic acids is 1. The first-order chi connectivity index (χ1) is 14.8. The zero-order valence-corrected chi connectivity index (χ0v) is 18.1. The van der Waals surface area contributed by atoms with Crippen molar-refractivity contribution in [2.75, 3.05) is 11.9 Å². The van der Waals surface area contributed by atoms with Gasteiger partial charge in [0.1, 0.15) is 6.61 Å². The zero-order valence-electron chi connectivity index (χ0n) is 17.3. The molecule has 0 saturated heterocycles. The lowest BCUT2D eigenvalue weighted by atomic mass is 10.2. The summed E-state index contributed by atoms with van der Waals surface area (Å²) in [6.07, 6.45) is 4.83. The number of amides is 1. The molecule has 3 aromatic rings. The van der Waals surface area contributed by atoms with Gasteiger partial charge in [-0.25, -0.2) is 18.1 Å². The summed E-state index contributed by atoms with van der Waals surface area (Å²) in [5, 5.41) is 2.67. The molecule has 0 unspecified atom stereocenters. The summed E-state index contributed by atoms with van der Waals surface area (Å²) in [7, 11) is -3.70. The van der Waals surface area contributed by atoms with Gasteiger partial charge >= 0.3 is 0 Å². The molecule has 8 nitrogen and oxygen atoms in total. The van der Waals surface area contributed by atoms with E-state index >= 15 is 0 Å². The number of anilines is 1. The summed E-state index contributed by atoms with van der Waals surface area (Å²) in [5.74, 6) is 0.318. The molecule has 1 aromatic carbocycles. The summed E-state index contributed by atoms with van der Waals surface area (Å²) in [4.78, 5) is 20.6. The normalized spacial score (nSPS) is 11.2. The van der Waals surface area contributed by atoms with Gasteiger partial charge in [0.25, 0.3) is 0 Å². The number of hydrogen-bond acceptors (Lipinski definition) is 6. The minimum absolute atomic E-state index is 0.0402. The van der Waals surface area contributed by atoms with E-state index in [4.69, 9.17) is 4.74 Å². The van der Waals surface area contributed by atoms with Crippen molar-refractivity contribution in [3.8, 4) is 5.75 Å². The molecule has 0 saturated carbocycles. The van der Waals surface area contributed by atoms with Crippen molar-refractivity contribution >= 4 is 21.7 Å². The van der Waals surface area contributed by atoms with Crippen LogP contribution >= 0.6 is 0 Å². The molecule has 0 bridgehead atoms. The fraction of sp³-hybridized carbons (Fsp3) is 0.227. The second-order valence-corrected chi connectivity index (χ2v) is 8.69. The topological polar surface area (TPSA) is 110 Å². The van der Waals surface area contributed by atoms with Crippen LogP contribution < -0.4 is 14.8 Å². The maximum absolute atomic E-state index is 12.5. The number of nitrogens with zero attached hydrogens (tertiary/aromatic N) is 2. The molecule has 1 amide bonds. The van der Waals surface area contributed by atoms with Gasteiger partial charge in [-0.3, -0.25) is 9.78 Å². The molecule has 162 valence electrons. The van der Waals surface area contributed by atoms with Crippen LogP contribution in [0.1, 0.15) is 23.1 Å². The van der Waals surface area contributed by atoms with Gasteiger partial charge in [0.15, 0.2) is 11.6 Å². The van der Waals surface area contributed by atoms with Crippen LogP contribution in [0.25, 0.3) is 0 Å². The van der Waals surface area contributed by atoms with Gasteiger partial charge in [-0.15, -0.1) is 0 Å². The molecule has 0 aliphatic heterocycles. The van der Waals surface area contributed by atoms with Crippen molar-refractivity contribution in [3.63, 3.8) is 0 Å². The number of aromatic nitrogens is 2. The Morgan fingerprint density at radius 1 is 1.06 bits per heavy atom. The molecule has 2 heterocycles. The lowest BCUT2D eigenvalue weighted by Crippen LogP contribution is -2.28. The predicted octanol–water partition coefficient (Wildman–Crippen LogP) is 2.98. The number of ether oxygens (including phenoxy) is 1. The van der Waals surface area contributed by atoms with E-state index in [2.05, 4.69) is 20.0 Å². The number of aryl methyl sites for hydroxylation is 2. The Morgan fingerprint density at radius 3 is 2.58 bits per heavy atom. The quantitative estimate of drug-likeness (QED) is 0.529. The second kappa shape index (κ2) is 10.1. The second-order valence-electron chi connectivity index (χ2n) is 6.96. The van der Waals surface area contributed by atoms with Crippen molar-refractivity contribution < 1.29 is 17.9 Å². The number of nitrogens with one attached hydrogen (secondary N) is 2. The smallest absolute Gasteiger partial charge is 0.240 e. The first-order valence-electron chi connectivity index (χ1n) is 9.68. The lowest BCUT2D eigenvalue weighted by molar-refractivity contribution is -0.116. The fourth-order valence-corrected chi connectivity index (χ4v) is 4.17. The maximum atomic E-state index is 12.5. The third kappa shape index (κ3) is 6.34. The Bertz CT molecular complexity index is 1150. The largest absolute Gasteiger partial charge is 0.485 e. The number of sulfonamides is 1. The minimum Gasteiger partial charge on any atom is -0.485 e. The highest BCUT2D eigenvalue weighted by atomic mass is 32.2. The standard InChI is InChI=1S/C22H24N4O4S/c1-16-5-6-20(17(2)14-16)31(28,29)25-13-9-21(27)26-22-19(4-3-10-24-22)30-15-18-7-11-23-12-8-18/h3-8,10-12,14,25H,9,13,15H2,1-2H3,(H,24,26,27). The summed E-state index contributed by atoms with van der Waals surface area (Å²) in [6, 6.07) is 12.2. The van der Waals surface area contributed by atoms with Gasteiger partial charge in [-0.2, -0.15) is 0 Å². The van der Waals surface area contributed by atoms with E-state index in [9.17, 15) is 13.2 Å². The Labute approximate surface area is 181 Å². The van der Waals surface area contributed by atoms with Crippen molar-refractivity contribution in [1.82, 2.24) is 14.7 Å². The first kappa shape index (κ1) is 22.4. The van der Waals surface area contributed by atoms with Crippen molar-refractivity contribution in [2.24, 2.45) is 0 Å². The third-order valence-corrected chi connectivity index (χ3v) is 6.06. The summed E-state index contributed by atoms with van der Waals surface area (Å²) in [6.45, 7) is 3.89. The molecule has 0 spiro atoms. The Hall–Kier alpha value is -3.30. The lowest BCUT2D eigenvalue weighted by Gasteiger charge is -2.12. The molecule has 2 aromatic heterocycles. The van der Waals surface area contributed by atoms with Crippen LogP contribution in [-0.4, -0.2) is 30.8 Å². The molecule has 0 atom stereocenters. The van der Waals surface area contributed by atoms with E-state index < -0.39 is 10.0 Å². The van der Waals surface area contributed by atoms with E-state index in [0.717, 1.165) is 11.1 Å². The van der Waals surface area contributed by atoms with Crippen LogP contribution in [0.15, 0.2) is 66.0 Å². The van der Waals surface area contributed by atoms with Crippen LogP contribution in [0.4, 0.5) is 5.82 Å². The van der Waals surface area contributed by atoms with Crippen molar-refractivity contribution in [3.05, 3.63) is 77.7 Å². The summed E-state index contributed by atoms with van der Waals surface area (Å²) < 4.78 is 33.2. The minimum atomic E-state index is -3.70. The van der Waals surface area contributed by atoms with E-state index in [1.807, 2.05) is 19.1 Å². The van der Waals surface area contributed by atoms with E-state index in [-0.39, 0.29) is 29.6 Å². The number of rotatable bonds is 9. The van der Waals surface area contributed by atoms with Gasteiger partial charge in [0, 0.05) is 31.6 Å². The molecule has 0 fully saturated rings. The highest BCUT2D eigenvalue weighted by molar-refractivity contribution is 7.89. The van der Waals surface area contributed by atoms with Crippen molar-refractivity contribution in [1.29, 1.82) is 0 Å².